The first-order valence-corrected chi connectivity index (χ1v) is 6.67. The third-order valence-corrected chi connectivity index (χ3v) is 5.08. The molecule has 0 bridgehead atoms. The summed E-state index contributed by atoms with van der Waals surface area (Å²) in [6.07, 6.45) is 0. The van der Waals surface area contributed by atoms with Gasteiger partial charge in [0, 0.05) is 10.3 Å². The van der Waals surface area contributed by atoms with Crippen molar-refractivity contribution in [1.29, 1.82) is 0 Å². The van der Waals surface area contributed by atoms with Gasteiger partial charge in [0.15, 0.2) is 0 Å². The van der Waals surface area contributed by atoms with Crippen molar-refractivity contribution in [2.45, 2.75) is 11.8 Å². The third-order valence-electron chi connectivity index (χ3n) is 3.12. The van der Waals surface area contributed by atoms with Gasteiger partial charge in [-0.05, 0) is 17.9 Å². The Labute approximate surface area is 98.9 Å². The predicted molar refractivity (Wildman–Crippen MR) is 63.7 cm³/mol. The van der Waals surface area contributed by atoms with Gasteiger partial charge in [0.05, 0.1) is 4.90 Å². The lowest BCUT2D eigenvalue weighted by molar-refractivity contribution is -0.244. The second-order valence-corrected chi connectivity index (χ2v) is 6.08. The zero-order chi connectivity index (χ0) is 12.2. The normalized spacial score (nSPS) is 17.5. The van der Waals surface area contributed by atoms with Crippen molar-refractivity contribution in [2.24, 2.45) is 0 Å². The minimum Gasteiger partial charge on any atom is -0.871 e. The molecular weight excluding hydrogens is 236 g/mol. The average molecular weight is 245 g/mol. The molecule has 0 unspecified atom stereocenters. The van der Waals surface area contributed by atoms with Gasteiger partial charge in [0.2, 0.25) is 9.84 Å². The Hall–Kier alpha value is -1.81. The van der Waals surface area contributed by atoms with Gasteiger partial charge in [0.1, 0.15) is 0 Å². The van der Waals surface area contributed by atoms with E-state index >= 15 is 0 Å². The first kappa shape index (κ1) is 10.4. The van der Waals surface area contributed by atoms with Gasteiger partial charge in [-0.15, -0.1) is 0 Å². The highest BCUT2D eigenvalue weighted by atomic mass is 32.2. The average Bonchev–Trinajstić information content (AvgIpc) is 2.51. The fraction of sp³-hybridized carbons (Fsp3) is 0.0769. The van der Waals surface area contributed by atoms with E-state index in [0.29, 0.717) is 10.9 Å². The fourth-order valence-corrected chi connectivity index (χ4v) is 3.76. The maximum atomic E-state index is 12.2. The smallest absolute Gasteiger partial charge is 0.203 e. The molecule has 0 saturated carbocycles. The Bertz CT molecular complexity index is 770. The Morgan fingerprint density at radius 2 is 1.76 bits per heavy atom. The van der Waals surface area contributed by atoms with E-state index < -0.39 is 9.84 Å². The van der Waals surface area contributed by atoms with Gasteiger partial charge in [-0.2, -0.15) is 0 Å². The van der Waals surface area contributed by atoms with Gasteiger partial charge in [-0.3, -0.25) is 0 Å². The molecule has 0 saturated heterocycles. The van der Waals surface area contributed by atoms with E-state index in [-0.39, 0.29) is 15.6 Å². The van der Waals surface area contributed by atoms with Crippen molar-refractivity contribution in [3.8, 4) is 0 Å². The molecule has 2 aromatic rings. The molecule has 4 heteroatoms. The van der Waals surface area contributed by atoms with E-state index in [0.717, 1.165) is 5.39 Å². The number of fused-ring (bicyclic) bond motifs is 3. The first-order chi connectivity index (χ1) is 8.03. The highest BCUT2D eigenvalue weighted by Crippen LogP contribution is 2.40. The maximum absolute atomic E-state index is 12.2. The van der Waals surface area contributed by atoms with Gasteiger partial charge in [-0.1, -0.05) is 42.2 Å². The van der Waals surface area contributed by atoms with Crippen LogP contribution in [0.4, 0.5) is 0 Å². The molecule has 0 N–H and O–H groups in total. The maximum Gasteiger partial charge on any atom is 0.203 e. The number of rotatable bonds is 0. The summed E-state index contributed by atoms with van der Waals surface area (Å²) in [6, 6.07) is 10.6. The van der Waals surface area contributed by atoms with E-state index in [1.54, 1.807) is 24.3 Å². The van der Waals surface area contributed by atoms with Gasteiger partial charge >= 0.3 is 0 Å². The standard InChI is InChI=1S/C13H10O3S/c1-8-12(14)11-7-6-9-4-2-3-5-10(9)13(11)17(8,15)16/h2-7,14H,1H3/p-1. The van der Waals surface area contributed by atoms with Crippen LogP contribution in [-0.4, -0.2) is 8.42 Å². The summed E-state index contributed by atoms with van der Waals surface area (Å²) in [6.45, 7) is 1.37. The summed E-state index contributed by atoms with van der Waals surface area (Å²) in [5, 5.41) is 13.3. The molecule has 0 aromatic heterocycles. The highest BCUT2D eigenvalue weighted by molar-refractivity contribution is 7.96. The first-order valence-electron chi connectivity index (χ1n) is 5.18. The van der Waals surface area contributed by atoms with Crippen molar-refractivity contribution in [3.63, 3.8) is 0 Å². The summed E-state index contributed by atoms with van der Waals surface area (Å²) in [5.74, 6) is -0.384. The van der Waals surface area contributed by atoms with Crippen LogP contribution in [-0.2, 0) is 9.84 Å². The van der Waals surface area contributed by atoms with Gasteiger partial charge in [0.25, 0.3) is 0 Å². The SMILES string of the molecule is CC1=C([O-])c2ccc3ccccc3c2S1(=O)=O. The molecule has 0 fully saturated rings. The van der Waals surface area contributed by atoms with Crippen LogP contribution in [0.1, 0.15) is 12.5 Å². The van der Waals surface area contributed by atoms with Crippen molar-refractivity contribution in [1.82, 2.24) is 0 Å². The van der Waals surface area contributed by atoms with Crippen molar-refractivity contribution in [2.75, 3.05) is 0 Å². The van der Waals surface area contributed by atoms with E-state index in [4.69, 9.17) is 0 Å². The second kappa shape index (κ2) is 3.11. The number of hydrogen-bond acceptors (Lipinski definition) is 3. The Morgan fingerprint density at radius 3 is 2.53 bits per heavy atom. The summed E-state index contributed by atoms with van der Waals surface area (Å²) in [5.41, 5.74) is 0.293. The lowest BCUT2D eigenvalue weighted by Gasteiger charge is -2.09. The summed E-state index contributed by atoms with van der Waals surface area (Å²) < 4.78 is 24.3. The van der Waals surface area contributed by atoms with Crippen molar-refractivity contribution in [3.05, 3.63) is 46.9 Å². The van der Waals surface area contributed by atoms with Gasteiger partial charge < -0.3 is 5.11 Å². The van der Waals surface area contributed by atoms with E-state index in [9.17, 15) is 13.5 Å². The summed E-state index contributed by atoms with van der Waals surface area (Å²) in [7, 11) is -3.59. The molecule has 3 rings (SSSR count). The molecule has 2 aromatic carbocycles. The number of benzene rings is 2. The van der Waals surface area contributed by atoms with E-state index in [1.807, 2.05) is 12.1 Å². The Kier molecular flexibility index (Phi) is 1.89. The Balaban J connectivity index is 2.56. The minimum absolute atomic E-state index is 0.0798. The number of sulfone groups is 1. The highest BCUT2D eigenvalue weighted by Gasteiger charge is 2.30. The molecule has 0 aliphatic carbocycles. The Morgan fingerprint density at radius 1 is 1.06 bits per heavy atom. The monoisotopic (exact) mass is 245 g/mol. The predicted octanol–water partition coefficient (Wildman–Crippen LogP) is 1.68. The molecule has 17 heavy (non-hydrogen) atoms. The van der Waals surface area contributed by atoms with Crippen LogP contribution >= 0.6 is 0 Å². The largest absolute Gasteiger partial charge is 0.871 e. The molecule has 0 spiro atoms. The van der Waals surface area contributed by atoms with E-state index in [1.165, 1.54) is 6.92 Å². The van der Waals surface area contributed by atoms with Crippen molar-refractivity contribution < 1.29 is 13.5 Å². The van der Waals surface area contributed by atoms with E-state index in [2.05, 4.69) is 0 Å². The molecule has 0 amide bonds. The van der Waals surface area contributed by atoms with Gasteiger partial charge in [-0.25, -0.2) is 8.42 Å². The summed E-state index contributed by atoms with van der Waals surface area (Å²) >= 11 is 0. The number of hydrogen-bond donors (Lipinski definition) is 0. The molecule has 0 radical (unpaired) electrons. The zero-order valence-corrected chi connectivity index (χ0v) is 9.91. The molecule has 0 atom stereocenters. The minimum atomic E-state index is -3.59. The quantitative estimate of drug-likeness (QED) is 0.709. The third kappa shape index (κ3) is 1.18. The molecule has 1 heterocycles. The molecule has 1 aliphatic heterocycles. The van der Waals surface area contributed by atoms with Crippen LogP contribution < -0.4 is 5.11 Å². The second-order valence-electron chi connectivity index (χ2n) is 4.05. The lowest BCUT2D eigenvalue weighted by Crippen LogP contribution is -2.01. The van der Waals surface area contributed by atoms with Crippen LogP contribution in [0.3, 0.4) is 0 Å². The topological polar surface area (TPSA) is 57.2 Å². The molecule has 86 valence electrons. The molecular formula is C13H9O3S-. The zero-order valence-electron chi connectivity index (χ0n) is 9.10. The van der Waals surface area contributed by atoms with Crippen LogP contribution in [0, 0.1) is 0 Å². The van der Waals surface area contributed by atoms with Crippen LogP contribution in [0.15, 0.2) is 46.2 Å². The van der Waals surface area contributed by atoms with Crippen molar-refractivity contribution >= 4 is 26.4 Å². The fourth-order valence-electron chi connectivity index (χ4n) is 2.18. The lowest BCUT2D eigenvalue weighted by atomic mass is 10.1. The van der Waals surface area contributed by atoms with Crippen LogP contribution in [0.25, 0.3) is 16.5 Å². The summed E-state index contributed by atoms with van der Waals surface area (Å²) in [4.78, 5) is 0.0851. The molecule has 1 aliphatic rings. The molecule has 3 nitrogen and oxygen atoms in total. The van der Waals surface area contributed by atoms with Crippen LogP contribution in [0.2, 0.25) is 0 Å². The van der Waals surface area contributed by atoms with Crippen LogP contribution in [0.5, 0.6) is 0 Å². The number of allylic oxidation sites excluding steroid dienone is 1.